The number of amides is 1. The number of nitrogens with two attached hydrogens (primary N) is 1. The lowest BCUT2D eigenvalue weighted by molar-refractivity contribution is -0.137. The zero-order valence-electron chi connectivity index (χ0n) is 22.2. The lowest BCUT2D eigenvalue weighted by Gasteiger charge is -2.52. The molecule has 0 spiro atoms. The molecule has 4 aliphatic rings. The number of hydrogen-bond donors (Lipinski definition) is 1. The molecule has 1 aromatic carbocycles. The molecule has 1 amide bonds. The summed E-state index contributed by atoms with van der Waals surface area (Å²) in [5, 5.41) is 5.87. The van der Waals surface area contributed by atoms with Gasteiger partial charge >= 0.3 is 6.18 Å². The Morgan fingerprint density at radius 3 is 2.36 bits per heavy atom. The summed E-state index contributed by atoms with van der Waals surface area (Å²) >= 11 is 14.2. The number of rotatable bonds is 7. The molecule has 0 aliphatic heterocycles. The molecule has 7 nitrogen and oxygen atoms in total. The van der Waals surface area contributed by atoms with E-state index in [9.17, 15) is 18.0 Å². The van der Waals surface area contributed by atoms with Gasteiger partial charge in [0, 0.05) is 34.9 Å². The third kappa shape index (κ3) is 4.69. The molecule has 4 saturated carbocycles. The third-order valence-electron chi connectivity index (χ3n) is 9.09. The first-order valence-corrected chi connectivity index (χ1v) is 15.3. The van der Waals surface area contributed by atoms with Crippen molar-refractivity contribution >= 4 is 50.7 Å². The van der Waals surface area contributed by atoms with E-state index in [0.717, 1.165) is 79.8 Å². The Morgan fingerprint density at radius 2 is 1.76 bits per heavy atom. The highest BCUT2D eigenvalue weighted by Gasteiger charge is 2.52. The first-order chi connectivity index (χ1) is 20.0. The number of pyridine rings is 1. The van der Waals surface area contributed by atoms with Crippen LogP contribution in [-0.2, 0) is 22.9 Å². The van der Waals surface area contributed by atoms with Gasteiger partial charge in [-0.3, -0.25) is 9.78 Å². The smallest absolute Gasteiger partial charge is 0.370 e. The number of carbonyl (C=O) groups excluding carboxylic acids is 1. The Morgan fingerprint density at radius 1 is 1.10 bits per heavy atom. The second-order valence-corrected chi connectivity index (χ2v) is 13.4. The van der Waals surface area contributed by atoms with Crippen molar-refractivity contribution in [3.63, 3.8) is 0 Å². The van der Waals surface area contributed by atoms with Crippen LogP contribution in [-0.4, -0.2) is 26.6 Å². The Balaban J connectivity index is 1.14. The summed E-state index contributed by atoms with van der Waals surface area (Å²) in [4.78, 5) is 20.8. The topological polar surface area (TPSA) is 104 Å². The molecule has 13 heteroatoms. The van der Waals surface area contributed by atoms with E-state index in [-0.39, 0.29) is 22.1 Å². The average Bonchev–Trinajstić information content (AvgIpc) is 3.56. The zero-order valence-corrected chi connectivity index (χ0v) is 24.5. The van der Waals surface area contributed by atoms with Crippen molar-refractivity contribution < 1.29 is 27.2 Å². The fourth-order valence-corrected chi connectivity index (χ4v) is 8.36. The number of thiazole rings is 1. The number of aromatic nitrogens is 3. The van der Waals surface area contributed by atoms with E-state index in [1.807, 2.05) is 0 Å². The van der Waals surface area contributed by atoms with Crippen molar-refractivity contribution in [3.8, 4) is 11.3 Å². The maximum Gasteiger partial charge on any atom is 0.416 e. The Labute approximate surface area is 252 Å². The minimum atomic E-state index is -4.61. The molecular weight excluding hydrogens is 612 g/mol. The zero-order chi connectivity index (χ0) is 29.4. The molecule has 4 aromatic rings. The van der Waals surface area contributed by atoms with E-state index in [2.05, 4.69) is 15.1 Å². The van der Waals surface area contributed by atoms with Crippen LogP contribution in [0.25, 0.3) is 21.5 Å². The summed E-state index contributed by atoms with van der Waals surface area (Å²) in [5.74, 6) is 0.213. The summed E-state index contributed by atoms with van der Waals surface area (Å²) in [6.07, 6.45) is 5.14. The van der Waals surface area contributed by atoms with Crippen LogP contribution < -0.4 is 5.73 Å². The molecule has 2 N–H and O–H groups in total. The number of primary amides is 1. The molecule has 8 rings (SSSR count). The van der Waals surface area contributed by atoms with Gasteiger partial charge in [-0.15, -0.1) is 11.3 Å². The van der Waals surface area contributed by atoms with Crippen LogP contribution in [0.3, 0.4) is 0 Å². The number of ether oxygens (including phenoxy) is 1. The van der Waals surface area contributed by atoms with Crippen LogP contribution in [0, 0.1) is 0 Å². The van der Waals surface area contributed by atoms with Gasteiger partial charge in [-0.1, -0.05) is 28.4 Å². The summed E-state index contributed by atoms with van der Waals surface area (Å²) in [5.41, 5.74) is 5.94. The third-order valence-corrected chi connectivity index (χ3v) is 11.0. The van der Waals surface area contributed by atoms with E-state index < -0.39 is 17.6 Å². The molecule has 4 aliphatic carbocycles. The van der Waals surface area contributed by atoms with Gasteiger partial charge < -0.3 is 15.0 Å². The molecule has 0 atom stereocenters. The Kier molecular flexibility index (Phi) is 6.62. The van der Waals surface area contributed by atoms with Gasteiger partial charge in [0.25, 0.3) is 0 Å². The predicted octanol–water partition coefficient (Wildman–Crippen LogP) is 8.21. The van der Waals surface area contributed by atoms with Crippen molar-refractivity contribution in [2.45, 2.75) is 81.1 Å². The average molecular weight is 638 g/mol. The largest absolute Gasteiger partial charge is 0.416 e. The van der Waals surface area contributed by atoms with Crippen molar-refractivity contribution in [3.05, 3.63) is 62.0 Å². The van der Waals surface area contributed by atoms with E-state index >= 15 is 0 Å². The first-order valence-electron chi connectivity index (χ1n) is 13.7. The fourth-order valence-electron chi connectivity index (χ4n) is 6.48. The fraction of sp³-hybridized carbons (Fsp3) is 0.448. The monoisotopic (exact) mass is 636 g/mol. The van der Waals surface area contributed by atoms with Crippen molar-refractivity contribution in [1.29, 1.82) is 0 Å². The van der Waals surface area contributed by atoms with Crippen LogP contribution in [0.4, 0.5) is 13.2 Å². The highest BCUT2D eigenvalue weighted by molar-refractivity contribution is 7.19. The molecule has 0 saturated heterocycles. The summed E-state index contributed by atoms with van der Waals surface area (Å²) < 4.78 is 53.4. The number of hydrogen-bond acceptors (Lipinski definition) is 7. The van der Waals surface area contributed by atoms with Crippen LogP contribution in [0.15, 0.2) is 29.0 Å². The minimum absolute atomic E-state index is 0.144. The molecule has 0 unspecified atom stereocenters. The van der Waals surface area contributed by atoms with Crippen LogP contribution in [0.2, 0.25) is 10.0 Å². The maximum atomic E-state index is 13.5. The Bertz CT molecular complexity index is 1690. The normalized spacial score (nSPS) is 24.0. The summed E-state index contributed by atoms with van der Waals surface area (Å²) in [7, 11) is 0. The van der Waals surface area contributed by atoms with E-state index in [1.165, 1.54) is 23.7 Å². The number of fused-ring (bicyclic) bond motifs is 4. The molecule has 4 fully saturated rings. The SMILES string of the molecule is NC(=O)c1cc(C(F)(F)F)cc2nc(C34CCC(OCc5c(-c6c(Cl)cncc6Cl)noc5C5CC5)(CC3)CC4)sc12. The lowest BCUT2D eigenvalue weighted by atomic mass is 9.59. The van der Waals surface area contributed by atoms with Gasteiger partial charge in [0.1, 0.15) is 16.5 Å². The minimum Gasteiger partial charge on any atom is -0.370 e. The van der Waals surface area contributed by atoms with Gasteiger partial charge in [-0.25, -0.2) is 4.98 Å². The maximum absolute atomic E-state index is 13.5. The number of nitrogens with zero attached hydrogens (tertiary/aromatic N) is 3. The van der Waals surface area contributed by atoms with Crippen LogP contribution >= 0.6 is 34.5 Å². The first kappa shape index (κ1) is 28.1. The van der Waals surface area contributed by atoms with E-state index in [1.54, 1.807) is 0 Å². The van der Waals surface area contributed by atoms with Gasteiger partial charge in [-0.05, 0) is 63.5 Å². The molecule has 2 bridgehead atoms. The Hall–Kier alpha value is -2.73. The van der Waals surface area contributed by atoms with Gasteiger partial charge in [0.2, 0.25) is 5.91 Å². The van der Waals surface area contributed by atoms with Crippen molar-refractivity contribution in [1.82, 2.24) is 15.1 Å². The second-order valence-electron chi connectivity index (χ2n) is 11.6. The van der Waals surface area contributed by atoms with Crippen LogP contribution in [0.1, 0.15) is 89.5 Å². The van der Waals surface area contributed by atoms with Crippen molar-refractivity contribution in [2.75, 3.05) is 0 Å². The van der Waals surface area contributed by atoms with Gasteiger partial charge in [0.15, 0.2) is 0 Å². The molecule has 220 valence electrons. The molecule has 3 aromatic heterocycles. The number of alkyl halides is 3. The van der Waals surface area contributed by atoms with Crippen molar-refractivity contribution in [2.24, 2.45) is 5.73 Å². The molecule has 42 heavy (non-hydrogen) atoms. The number of carbonyl (C=O) groups is 1. The number of benzene rings is 1. The summed E-state index contributed by atoms with van der Waals surface area (Å²) in [6, 6.07) is 1.83. The molecular formula is C29H25Cl2F3N4O3S. The lowest BCUT2D eigenvalue weighted by Crippen LogP contribution is -2.49. The van der Waals surface area contributed by atoms with E-state index in [0.29, 0.717) is 38.5 Å². The highest BCUT2D eigenvalue weighted by Crippen LogP contribution is 2.57. The number of halogens is 5. The molecule has 0 radical (unpaired) electrons. The highest BCUT2D eigenvalue weighted by atomic mass is 35.5. The molecule has 3 heterocycles. The second kappa shape index (κ2) is 9.90. The van der Waals surface area contributed by atoms with Gasteiger partial charge in [-0.2, -0.15) is 13.2 Å². The predicted molar refractivity (Wildman–Crippen MR) is 152 cm³/mol. The summed E-state index contributed by atoms with van der Waals surface area (Å²) in [6.45, 7) is 0.302. The van der Waals surface area contributed by atoms with Crippen LogP contribution in [0.5, 0.6) is 0 Å². The van der Waals surface area contributed by atoms with E-state index in [4.69, 9.17) is 38.2 Å². The quantitative estimate of drug-likeness (QED) is 0.219. The van der Waals surface area contributed by atoms with Gasteiger partial charge in [0.05, 0.1) is 43.6 Å². The standard InChI is InChI=1S/C29H25Cl2F3N4O3S/c30-18-11-36-12-19(31)21(18)22-17(23(41-38-22)14-1-2-14)13-40-28-6-3-27(4-7-28,5-8-28)26-37-20-10-15(29(32,33)34)9-16(25(35)39)24(20)42-26/h9-12,14H,1-8,13H2,(H2,35,39).